The molecule has 68 valence electrons. The highest BCUT2D eigenvalue weighted by molar-refractivity contribution is 6.03. The zero-order chi connectivity index (χ0) is 9.72. The van der Waals surface area contributed by atoms with Crippen LogP contribution in [0, 0.1) is 5.92 Å². The Balaban J connectivity index is 4.35. The van der Waals surface area contributed by atoms with Crippen molar-refractivity contribution in [1.82, 2.24) is 5.32 Å². The van der Waals surface area contributed by atoms with Crippen LogP contribution in [0.3, 0.4) is 0 Å². The Morgan fingerprint density at radius 3 is 2.17 bits per heavy atom. The van der Waals surface area contributed by atoms with Gasteiger partial charge in [0, 0.05) is 5.57 Å². The summed E-state index contributed by atoms with van der Waals surface area (Å²) in [7, 11) is 0. The second kappa shape index (κ2) is 4.54. The Morgan fingerprint density at radius 1 is 1.42 bits per heavy atom. The van der Waals surface area contributed by atoms with Crippen LogP contribution in [-0.4, -0.2) is 11.9 Å². The van der Waals surface area contributed by atoms with Crippen molar-refractivity contribution in [3.05, 3.63) is 11.6 Å². The predicted molar refractivity (Wildman–Crippen MR) is 46.3 cm³/mol. The van der Waals surface area contributed by atoms with Crippen molar-refractivity contribution in [1.29, 1.82) is 0 Å². The van der Waals surface area contributed by atoms with E-state index in [-0.39, 0.29) is 5.92 Å². The number of urea groups is 1. The summed E-state index contributed by atoms with van der Waals surface area (Å²) in [4.78, 5) is 21.5. The SMILES string of the molecule is C/C=C(/C(=O)NC(N)=O)C(C)C. The van der Waals surface area contributed by atoms with Gasteiger partial charge in [-0.25, -0.2) is 4.79 Å². The number of carbonyl (C=O) groups excluding carboxylic acids is 2. The van der Waals surface area contributed by atoms with Crippen molar-refractivity contribution < 1.29 is 9.59 Å². The average molecular weight is 170 g/mol. The molecule has 3 amide bonds. The van der Waals surface area contributed by atoms with Crippen LogP contribution in [0.25, 0.3) is 0 Å². The number of rotatable bonds is 2. The van der Waals surface area contributed by atoms with Crippen LogP contribution >= 0.6 is 0 Å². The molecule has 0 aromatic heterocycles. The molecule has 0 saturated heterocycles. The van der Waals surface area contributed by atoms with E-state index in [1.807, 2.05) is 19.2 Å². The van der Waals surface area contributed by atoms with Crippen molar-refractivity contribution >= 4 is 11.9 Å². The molecule has 0 unspecified atom stereocenters. The fraction of sp³-hybridized carbons (Fsp3) is 0.500. The third-order valence-electron chi connectivity index (χ3n) is 1.43. The van der Waals surface area contributed by atoms with E-state index in [2.05, 4.69) is 0 Å². The Labute approximate surface area is 71.8 Å². The molecule has 0 radical (unpaired) electrons. The molecule has 0 saturated carbocycles. The van der Waals surface area contributed by atoms with Gasteiger partial charge in [-0.15, -0.1) is 0 Å². The van der Waals surface area contributed by atoms with Gasteiger partial charge in [0.1, 0.15) is 0 Å². The zero-order valence-electron chi connectivity index (χ0n) is 7.55. The second-order valence-corrected chi connectivity index (χ2v) is 2.72. The van der Waals surface area contributed by atoms with E-state index in [9.17, 15) is 9.59 Å². The third-order valence-corrected chi connectivity index (χ3v) is 1.43. The molecule has 0 aromatic carbocycles. The quantitative estimate of drug-likeness (QED) is 0.601. The summed E-state index contributed by atoms with van der Waals surface area (Å²) in [5.41, 5.74) is 5.35. The number of amides is 3. The first-order chi connectivity index (χ1) is 5.49. The minimum Gasteiger partial charge on any atom is -0.351 e. The number of allylic oxidation sites excluding steroid dienone is 1. The van der Waals surface area contributed by atoms with Gasteiger partial charge < -0.3 is 5.73 Å². The first-order valence-electron chi connectivity index (χ1n) is 3.76. The third kappa shape index (κ3) is 3.18. The number of primary amides is 1. The minimum absolute atomic E-state index is 0.0920. The molecule has 0 aliphatic heterocycles. The Bertz CT molecular complexity index is 219. The molecule has 0 rings (SSSR count). The van der Waals surface area contributed by atoms with Gasteiger partial charge >= 0.3 is 6.03 Å². The van der Waals surface area contributed by atoms with Crippen molar-refractivity contribution in [2.45, 2.75) is 20.8 Å². The normalized spacial score (nSPS) is 11.5. The van der Waals surface area contributed by atoms with Crippen LogP contribution in [0.2, 0.25) is 0 Å². The lowest BCUT2D eigenvalue weighted by Crippen LogP contribution is -2.36. The number of hydrogen-bond donors (Lipinski definition) is 2. The smallest absolute Gasteiger partial charge is 0.319 e. The van der Waals surface area contributed by atoms with E-state index in [1.54, 1.807) is 13.0 Å². The summed E-state index contributed by atoms with van der Waals surface area (Å²) in [6.07, 6.45) is 1.67. The van der Waals surface area contributed by atoms with Crippen LogP contribution in [0.4, 0.5) is 4.79 Å². The highest BCUT2D eigenvalue weighted by atomic mass is 16.2. The summed E-state index contributed by atoms with van der Waals surface area (Å²) in [5, 5.41) is 2.01. The average Bonchev–Trinajstić information content (AvgIpc) is 1.85. The summed E-state index contributed by atoms with van der Waals surface area (Å²) >= 11 is 0. The maximum absolute atomic E-state index is 11.1. The van der Waals surface area contributed by atoms with Crippen molar-refractivity contribution in [2.75, 3.05) is 0 Å². The molecule has 0 aliphatic rings. The number of carbonyl (C=O) groups is 2. The van der Waals surface area contributed by atoms with Gasteiger partial charge in [-0.3, -0.25) is 10.1 Å². The molecular formula is C8H14N2O2. The second-order valence-electron chi connectivity index (χ2n) is 2.72. The van der Waals surface area contributed by atoms with Gasteiger partial charge in [0.05, 0.1) is 0 Å². The van der Waals surface area contributed by atoms with Gasteiger partial charge in [-0.1, -0.05) is 19.9 Å². The lowest BCUT2D eigenvalue weighted by atomic mass is 10.0. The minimum atomic E-state index is -0.819. The molecule has 4 heteroatoms. The van der Waals surface area contributed by atoms with E-state index in [4.69, 9.17) is 5.73 Å². The molecule has 0 heterocycles. The van der Waals surface area contributed by atoms with E-state index in [0.717, 1.165) is 0 Å². The highest BCUT2D eigenvalue weighted by Gasteiger charge is 2.12. The van der Waals surface area contributed by atoms with Gasteiger partial charge in [0.15, 0.2) is 0 Å². The molecule has 0 spiro atoms. The predicted octanol–water partition coefficient (Wildman–Crippen LogP) is 0.784. The van der Waals surface area contributed by atoms with E-state index in [0.29, 0.717) is 5.57 Å². The molecule has 0 fully saturated rings. The van der Waals surface area contributed by atoms with Crippen molar-refractivity contribution in [3.63, 3.8) is 0 Å². The lowest BCUT2D eigenvalue weighted by Gasteiger charge is -2.08. The van der Waals surface area contributed by atoms with Crippen LogP contribution in [0.15, 0.2) is 11.6 Å². The fourth-order valence-electron chi connectivity index (χ4n) is 0.911. The highest BCUT2D eigenvalue weighted by Crippen LogP contribution is 2.08. The number of hydrogen-bond acceptors (Lipinski definition) is 2. The summed E-state index contributed by atoms with van der Waals surface area (Å²) < 4.78 is 0. The lowest BCUT2D eigenvalue weighted by molar-refractivity contribution is -0.116. The van der Waals surface area contributed by atoms with Gasteiger partial charge in [0.2, 0.25) is 0 Å². The van der Waals surface area contributed by atoms with Crippen molar-refractivity contribution in [2.24, 2.45) is 11.7 Å². The van der Waals surface area contributed by atoms with Crippen LogP contribution in [0.1, 0.15) is 20.8 Å². The topological polar surface area (TPSA) is 72.2 Å². The van der Waals surface area contributed by atoms with E-state index < -0.39 is 11.9 Å². The number of imide groups is 1. The molecule has 4 nitrogen and oxygen atoms in total. The molecule has 0 aromatic rings. The zero-order valence-corrected chi connectivity index (χ0v) is 7.55. The number of nitrogens with two attached hydrogens (primary N) is 1. The van der Waals surface area contributed by atoms with Crippen molar-refractivity contribution in [3.8, 4) is 0 Å². The molecule has 12 heavy (non-hydrogen) atoms. The first-order valence-corrected chi connectivity index (χ1v) is 3.76. The number of nitrogens with one attached hydrogen (secondary N) is 1. The Morgan fingerprint density at radius 2 is 1.92 bits per heavy atom. The van der Waals surface area contributed by atoms with Crippen LogP contribution in [0.5, 0.6) is 0 Å². The molecular weight excluding hydrogens is 156 g/mol. The summed E-state index contributed by atoms with van der Waals surface area (Å²) in [5.74, 6) is -0.325. The molecule has 3 N–H and O–H groups in total. The fourth-order valence-corrected chi connectivity index (χ4v) is 0.911. The summed E-state index contributed by atoms with van der Waals surface area (Å²) in [6.45, 7) is 5.49. The van der Waals surface area contributed by atoms with Gasteiger partial charge in [0.25, 0.3) is 5.91 Å². The van der Waals surface area contributed by atoms with Crippen LogP contribution < -0.4 is 11.1 Å². The largest absolute Gasteiger partial charge is 0.351 e. The van der Waals surface area contributed by atoms with Gasteiger partial charge in [-0.2, -0.15) is 0 Å². The maximum Gasteiger partial charge on any atom is 0.319 e. The summed E-state index contributed by atoms with van der Waals surface area (Å²) in [6, 6.07) is -0.819. The van der Waals surface area contributed by atoms with Gasteiger partial charge in [-0.05, 0) is 12.8 Å². The standard InChI is InChI=1S/C8H14N2O2/c1-4-6(5(2)3)7(11)10-8(9)12/h4-5H,1-3H3,(H3,9,10,11,12)/b6-4+. The molecule has 0 atom stereocenters. The first kappa shape index (κ1) is 10.7. The molecule has 0 aliphatic carbocycles. The van der Waals surface area contributed by atoms with Crippen LogP contribution in [-0.2, 0) is 4.79 Å². The van der Waals surface area contributed by atoms with E-state index in [1.165, 1.54) is 0 Å². The Hall–Kier alpha value is -1.32. The Kier molecular flexibility index (Phi) is 4.04. The maximum atomic E-state index is 11.1. The monoisotopic (exact) mass is 170 g/mol. The van der Waals surface area contributed by atoms with E-state index >= 15 is 0 Å². The molecule has 0 bridgehead atoms.